The zero-order valence-electron chi connectivity index (χ0n) is 10.7. The molecule has 1 heterocycles. The maximum atomic E-state index is 12.1. The number of nitrogens with zero attached hydrogens (tertiary/aromatic N) is 2. The number of amides is 1. The van der Waals surface area contributed by atoms with Gasteiger partial charge in [0.25, 0.3) is 5.91 Å². The Kier molecular flexibility index (Phi) is 3.09. The number of aliphatic carboxylic acids is 1. The second-order valence-electron chi connectivity index (χ2n) is 5.05. The fourth-order valence-electron chi connectivity index (χ4n) is 2.59. The Morgan fingerprint density at radius 3 is 2.80 bits per heavy atom. The van der Waals surface area contributed by atoms with Crippen molar-refractivity contribution < 1.29 is 14.7 Å². The summed E-state index contributed by atoms with van der Waals surface area (Å²) in [6, 6.07) is 5.00. The summed E-state index contributed by atoms with van der Waals surface area (Å²) < 4.78 is 0. The van der Waals surface area contributed by atoms with Crippen LogP contribution in [0.25, 0.3) is 11.0 Å². The van der Waals surface area contributed by atoms with Crippen molar-refractivity contribution in [2.24, 2.45) is 5.92 Å². The van der Waals surface area contributed by atoms with Crippen molar-refractivity contribution in [3.05, 3.63) is 23.8 Å². The average Bonchev–Trinajstić information content (AvgIpc) is 3.05. The summed E-state index contributed by atoms with van der Waals surface area (Å²) >= 11 is 0. The fraction of sp³-hybridized carbons (Fsp3) is 0.385. The lowest BCUT2D eigenvalue weighted by atomic mass is 10.1. The SMILES string of the molecule is O=C(N[C@H]1CC[C@@H](C(=O)O)C1)c1ccc2n[nH]nc2c1. The highest BCUT2D eigenvalue weighted by atomic mass is 16.4. The molecule has 3 N–H and O–H groups in total. The average molecular weight is 274 g/mol. The Balaban J connectivity index is 1.68. The van der Waals surface area contributed by atoms with Crippen molar-refractivity contribution >= 4 is 22.9 Å². The highest BCUT2D eigenvalue weighted by Gasteiger charge is 2.30. The smallest absolute Gasteiger partial charge is 0.306 e. The second kappa shape index (κ2) is 4.92. The van der Waals surface area contributed by atoms with Gasteiger partial charge in [-0.3, -0.25) is 9.59 Å². The van der Waals surface area contributed by atoms with E-state index in [2.05, 4.69) is 20.7 Å². The quantitative estimate of drug-likeness (QED) is 0.772. The number of carboxylic acid groups (broad SMARTS) is 1. The predicted octanol–water partition coefficient (Wildman–Crippen LogP) is 0.941. The van der Waals surface area contributed by atoms with E-state index in [1.54, 1.807) is 18.2 Å². The van der Waals surface area contributed by atoms with E-state index in [-0.39, 0.29) is 17.9 Å². The molecule has 1 saturated carbocycles. The van der Waals surface area contributed by atoms with Crippen LogP contribution in [0.4, 0.5) is 0 Å². The minimum absolute atomic E-state index is 0.0726. The van der Waals surface area contributed by atoms with Crippen LogP contribution in [0.3, 0.4) is 0 Å². The number of H-pyrrole nitrogens is 1. The van der Waals surface area contributed by atoms with Crippen LogP contribution < -0.4 is 5.32 Å². The van der Waals surface area contributed by atoms with E-state index in [4.69, 9.17) is 5.11 Å². The molecule has 0 bridgehead atoms. The molecule has 1 aliphatic carbocycles. The number of aromatic nitrogens is 3. The van der Waals surface area contributed by atoms with Crippen molar-refractivity contribution in [3.63, 3.8) is 0 Å². The molecule has 1 aliphatic rings. The number of carbonyl (C=O) groups is 2. The number of carboxylic acids is 1. The molecular weight excluding hydrogens is 260 g/mol. The Bertz CT molecular complexity index is 666. The molecule has 2 aromatic rings. The number of rotatable bonds is 3. The number of aromatic amines is 1. The maximum Gasteiger partial charge on any atom is 0.306 e. The molecule has 7 heteroatoms. The Labute approximate surface area is 114 Å². The lowest BCUT2D eigenvalue weighted by Crippen LogP contribution is -2.33. The first-order valence-electron chi connectivity index (χ1n) is 6.47. The fourth-order valence-corrected chi connectivity index (χ4v) is 2.59. The monoisotopic (exact) mass is 274 g/mol. The maximum absolute atomic E-state index is 12.1. The third-order valence-electron chi connectivity index (χ3n) is 3.70. The highest BCUT2D eigenvalue weighted by molar-refractivity contribution is 5.97. The first-order valence-corrected chi connectivity index (χ1v) is 6.47. The number of hydrogen-bond acceptors (Lipinski definition) is 4. The second-order valence-corrected chi connectivity index (χ2v) is 5.05. The Morgan fingerprint density at radius 1 is 1.25 bits per heavy atom. The zero-order chi connectivity index (χ0) is 14.1. The van der Waals surface area contributed by atoms with Crippen molar-refractivity contribution in [3.8, 4) is 0 Å². The molecule has 104 valence electrons. The van der Waals surface area contributed by atoms with Gasteiger partial charge in [0.2, 0.25) is 0 Å². The molecule has 20 heavy (non-hydrogen) atoms. The normalized spacial score (nSPS) is 22.0. The van der Waals surface area contributed by atoms with E-state index in [0.717, 1.165) is 0 Å². The molecule has 3 rings (SSSR count). The highest BCUT2D eigenvalue weighted by Crippen LogP contribution is 2.26. The number of benzene rings is 1. The van der Waals surface area contributed by atoms with Gasteiger partial charge in [0.1, 0.15) is 11.0 Å². The van der Waals surface area contributed by atoms with Crippen LogP contribution >= 0.6 is 0 Å². The third-order valence-corrected chi connectivity index (χ3v) is 3.70. The van der Waals surface area contributed by atoms with Crippen LogP contribution in [-0.4, -0.2) is 38.4 Å². The van der Waals surface area contributed by atoms with Crippen LogP contribution in [0.5, 0.6) is 0 Å². The van der Waals surface area contributed by atoms with E-state index < -0.39 is 5.97 Å². The van der Waals surface area contributed by atoms with Crippen LogP contribution in [0.15, 0.2) is 18.2 Å². The molecule has 0 radical (unpaired) electrons. The van der Waals surface area contributed by atoms with Crippen LogP contribution in [0, 0.1) is 5.92 Å². The molecular formula is C13H14N4O3. The zero-order valence-corrected chi connectivity index (χ0v) is 10.7. The molecule has 2 atom stereocenters. The Morgan fingerprint density at radius 2 is 2.05 bits per heavy atom. The first kappa shape index (κ1) is 12.6. The largest absolute Gasteiger partial charge is 0.481 e. The number of carbonyl (C=O) groups excluding carboxylic acids is 1. The van der Waals surface area contributed by atoms with Gasteiger partial charge in [0.15, 0.2) is 0 Å². The number of hydrogen-bond donors (Lipinski definition) is 3. The minimum Gasteiger partial charge on any atom is -0.481 e. The van der Waals surface area contributed by atoms with Gasteiger partial charge in [0, 0.05) is 11.6 Å². The molecule has 0 saturated heterocycles. The summed E-state index contributed by atoms with van der Waals surface area (Å²) in [7, 11) is 0. The standard InChI is InChI=1S/C13H14N4O3/c18-12(14-9-3-1-8(5-9)13(19)20)7-2-4-10-11(6-7)16-17-15-10/h2,4,6,8-9H,1,3,5H2,(H,14,18)(H,19,20)(H,15,16,17)/t8-,9+/m1/s1. The number of fused-ring (bicyclic) bond motifs is 1. The lowest BCUT2D eigenvalue weighted by molar-refractivity contribution is -0.141. The molecule has 0 unspecified atom stereocenters. The van der Waals surface area contributed by atoms with Gasteiger partial charge in [0.05, 0.1) is 5.92 Å². The van der Waals surface area contributed by atoms with E-state index in [1.807, 2.05) is 0 Å². The van der Waals surface area contributed by atoms with Crippen molar-refractivity contribution in [2.45, 2.75) is 25.3 Å². The van der Waals surface area contributed by atoms with Gasteiger partial charge in [-0.2, -0.15) is 15.4 Å². The molecule has 1 aromatic carbocycles. The van der Waals surface area contributed by atoms with Crippen molar-refractivity contribution in [2.75, 3.05) is 0 Å². The van der Waals surface area contributed by atoms with Gasteiger partial charge in [-0.25, -0.2) is 0 Å². The molecule has 7 nitrogen and oxygen atoms in total. The summed E-state index contributed by atoms with van der Waals surface area (Å²) in [5.74, 6) is -1.34. The van der Waals surface area contributed by atoms with Crippen LogP contribution in [0.1, 0.15) is 29.6 Å². The molecule has 0 spiro atoms. The van der Waals surface area contributed by atoms with Crippen molar-refractivity contribution in [1.29, 1.82) is 0 Å². The molecule has 1 fully saturated rings. The Hall–Kier alpha value is -2.44. The summed E-state index contributed by atoms with van der Waals surface area (Å²) in [6.07, 6.45) is 1.81. The summed E-state index contributed by atoms with van der Waals surface area (Å²) in [6.45, 7) is 0. The van der Waals surface area contributed by atoms with E-state index in [1.165, 1.54) is 0 Å². The topological polar surface area (TPSA) is 108 Å². The van der Waals surface area contributed by atoms with Crippen LogP contribution in [-0.2, 0) is 4.79 Å². The lowest BCUT2D eigenvalue weighted by Gasteiger charge is -2.12. The summed E-state index contributed by atoms with van der Waals surface area (Å²) in [5.41, 5.74) is 1.84. The minimum atomic E-state index is -0.786. The first-order chi connectivity index (χ1) is 9.63. The van der Waals surface area contributed by atoms with Gasteiger partial charge >= 0.3 is 5.97 Å². The van der Waals surface area contributed by atoms with E-state index >= 15 is 0 Å². The molecule has 1 aromatic heterocycles. The summed E-state index contributed by atoms with van der Waals surface area (Å²) in [4.78, 5) is 23.0. The van der Waals surface area contributed by atoms with Gasteiger partial charge in [-0.15, -0.1) is 0 Å². The summed E-state index contributed by atoms with van der Waals surface area (Å²) in [5, 5.41) is 22.2. The molecule has 1 amide bonds. The third kappa shape index (κ3) is 2.34. The van der Waals surface area contributed by atoms with Gasteiger partial charge in [-0.1, -0.05) is 0 Å². The van der Waals surface area contributed by atoms with Gasteiger partial charge < -0.3 is 10.4 Å². The predicted molar refractivity (Wildman–Crippen MR) is 70.1 cm³/mol. The van der Waals surface area contributed by atoms with E-state index in [0.29, 0.717) is 35.9 Å². The number of nitrogens with one attached hydrogen (secondary N) is 2. The molecule has 0 aliphatic heterocycles. The van der Waals surface area contributed by atoms with Crippen molar-refractivity contribution in [1.82, 2.24) is 20.7 Å². The van der Waals surface area contributed by atoms with Gasteiger partial charge in [-0.05, 0) is 37.5 Å². The van der Waals surface area contributed by atoms with E-state index in [9.17, 15) is 9.59 Å². The van der Waals surface area contributed by atoms with Crippen LogP contribution in [0.2, 0.25) is 0 Å².